The maximum Gasteiger partial charge on any atom is 0.137 e. The quantitative estimate of drug-likeness (QED) is 0.849. The molecule has 2 unspecified atom stereocenters. The highest BCUT2D eigenvalue weighted by atomic mass is 16.5. The minimum absolute atomic E-state index is 0.0740. The van der Waals surface area contributed by atoms with Crippen molar-refractivity contribution in [2.45, 2.75) is 25.5 Å². The maximum atomic E-state index is 9.32. The van der Waals surface area contributed by atoms with Crippen molar-refractivity contribution in [1.29, 1.82) is 0 Å². The number of aliphatic hydroxyl groups excluding tert-OH is 1. The first-order valence-corrected chi connectivity index (χ1v) is 6.93. The van der Waals surface area contributed by atoms with Crippen molar-refractivity contribution in [3.63, 3.8) is 0 Å². The molecule has 3 heteroatoms. The van der Waals surface area contributed by atoms with Gasteiger partial charge in [-0.1, -0.05) is 49.4 Å². The first-order chi connectivity index (χ1) is 9.74. The summed E-state index contributed by atoms with van der Waals surface area (Å²) in [6.07, 6.45) is 0.412. The van der Waals surface area contributed by atoms with Gasteiger partial charge >= 0.3 is 0 Å². The molecule has 0 saturated heterocycles. The predicted molar refractivity (Wildman–Crippen MR) is 81.6 cm³/mol. The highest BCUT2D eigenvalue weighted by Crippen LogP contribution is 2.23. The van der Waals surface area contributed by atoms with Crippen LogP contribution in [0, 0.1) is 0 Å². The van der Waals surface area contributed by atoms with E-state index >= 15 is 0 Å². The largest absolute Gasteiger partial charge is 0.486 e. The number of aliphatic hydroxyl groups is 1. The molecule has 106 valence electrons. The number of benzene rings is 2. The maximum absolute atomic E-state index is 9.32. The van der Waals surface area contributed by atoms with Gasteiger partial charge < -0.3 is 15.6 Å². The summed E-state index contributed by atoms with van der Waals surface area (Å²) in [7, 11) is 0. The van der Waals surface area contributed by atoms with Gasteiger partial charge in [-0.2, -0.15) is 0 Å². The minimum Gasteiger partial charge on any atom is -0.486 e. The molecule has 0 fully saturated rings. The second-order valence-corrected chi connectivity index (χ2v) is 4.80. The highest BCUT2D eigenvalue weighted by molar-refractivity contribution is 5.63. The SMILES string of the molecule is CCC(N)C(CO)Oc1ccc(-c2ccccc2)cc1. The summed E-state index contributed by atoms with van der Waals surface area (Å²) < 4.78 is 5.73. The van der Waals surface area contributed by atoms with Gasteiger partial charge in [0.1, 0.15) is 11.9 Å². The fourth-order valence-corrected chi connectivity index (χ4v) is 2.05. The number of hydrogen-bond acceptors (Lipinski definition) is 3. The lowest BCUT2D eigenvalue weighted by Crippen LogP contribution is -2.41. The summed E-state index contributed by atoms with van der Waals surface area (Å²) in [5, 5.41) is 9.32. The zero-order valence-corrected chi connectivity index (χ0v) is 11.7. The Morgan fingerprint density at radius 3 is 2.15 bits per heavy atom. The third kappa shape index (κ3) is 3.59. The zero-order chi connectivity index (χ0) is 14.4. The fourth-order valence-electron chi connectivity index (χ4n) is 2.05. The molecule has 2 aromatic carbocycles. The van der Waals surface area contributed by atoms with Crippen LogP contribution in [0.15, 0.2) is 54.6 Å². The molecule has 0 aliphatic heterocycles. The molecule has 0 saturated carbocycles. The number of hydrogen-bond donors (Lipinski definition) is 2. The van der Waals surface area contributed by atoms with Crippen LogP contribution in [-0.4, -0.2) is 23.9 Å². The highest BCUT2D eigenvalue weighted by Gasteiger charge is 2.16. The summed E-state index contributed by atoms with van der Waals surface area (Å²) in [6, 6.07) is 17.9. The van der Waals surface area contributed by atoms with Crippen LogP contribution in [0.25, 0.3) is 11.1 Å². The Labute approximate surface area is 120 Å². The van der Waals surface area contributed by atoms with Crippen molar-refractivity contribution in [3.8, 4) is 16.9 Å². The molecule has 0 spiro atoms. The van der Waals surface area contributed by atoms with E-state index in [1.165, 1.54) is 5.56 Å². The van der Waals surface area contributed by atoms with Crippen LogP contribution in [0.3, 0.4) is 0 Å². The van der Waals surface area contributed by atoms with Crippen molar-refractivity contribution in [1.82, 2.24) is 0 Å². The second-order valence-electron chi connectivity index (χ2n) is 4.80. The molecule has 0 heterocycles. The molecule has 0 aliphatic rings. The van der Waals surface area contributed by atoms with Gasteiger partial charge in [0.2, 0.25) is 0 Å². The van der Waals surface area contributed by atoms with E-state index in [9.17, 15) is 5.11 Å². The van der Waals surface area contributed by atoms with E-state index < -0.39 is 0 Å². The van der Waals surface area contributed by atoms with Gasteiger partial charge in [-0.05, 0) is 29.7 Å². The molecule has 3 N–H and O–H groups in total. The third-order valence-corrected chi connectivity index (χ3v) is 3.38. The first kappa shape index (κ1) is 14.6. The molecule has 3 nitrogen and oxygen atoms in total. The van der Waals surface area contributed by atoms with Crippen LogP contribution in [0.1, 0.15) is 13.3 Å². The van der Waals surface area contributed by atoms with Gasteiger partial charge in [0.05, 0.1) is 6.61 Å². The third-order valence-electron chi connectivity index (χ3n) is 3.38. The zero-order valence-electron chi connectivity index (χ0n) is 11.7. The van der Waals surface area contributed by atoms with Crippen LogP contribution < -0.4 is 10.5 Å². The molecule has 0 bridgehead atoms. The van der Waals surface area contributed by atoms with Gasteiger partial charge in [-0.25, -0.2) is 0 Å². The van der Waals surface area contributed by atoms with Crippen molar-refractivity contribution in [2.24, 2.45) is 5.73 Å². The van der Waals surface area contributed by atoms with Crippen molar-refractivity contribution in [3.05, 3.63) is 54.6 Å². The van der Waals surface area contributed by atoms with Crippen LogP contribution in [-0.2, 0) is 0 Å². The summed E-state index contributed by atoms with van der Waals surface area (Å²) >= 11 is 0. The topological polar surface area (TPSA) is 55.5 Å². The molecular weight excluding hydrogens is 250 g/mol. The predicted octanol–water partition coefficient (Wildman–Crippen LogP) is 2.83. The lowest BCUT2D eigenvalue weighted by Gasteiger charge is -2.22. The fraction of sp³-hybridized carbons (Fsp3) is 0.294. The molecule has 2 atom stereocenters. The first-order valence-electron chi connectivity index (χ1n) is 6.93. The van der Waals surface area contributed by atoms with E-state index in [4.69, 9.17) is 10.5 Å². The van der Waals surface area contributed by atoms with Crippen LogP contribution >= 0.6 is 0 Å². The van der Waals surface area contributed by atoms with E-state index in [1.807, 2.05) is 49.4 Å². The lowest BCUT2D eigenvalue weighted by atomic mass is 10.1. The molecule has 0 radical (unpaired) electrons. The number of rotatable bonds is 6. The Bertz CT molecular complexity index is 510. The van der Waals surface area contributed by atoms with Gasteiger partial charge in [-0.3, -0.25) is 0 Å². The monoisotopic (exact) mass is 271 g/mol. The minimum atomic E-state index is -0.359. The summed E-state index contributed by atoms with van der Waals surface area (Å²) in [4.78, 5) is 0. The Hall–Kier alpha value is -1.84. The second kappa shape index (κ2) is 7.08. The summed E-state index contributed by atoms with van der Waals surface area (Å²) in [5.41, 5.74) is 8.22. The molecule has 0 amide bonds. The Balaban J connectivity index is 2.08. The van der Waals surface area contributed by atoms with Crippen molar-refractivity contribution < 1.29 is 9.84 Å². The van der Waals surface area contributed by atoms with Crippen LogP contribution in [0.4, 0.5) is 0 Å². The molecule has 20 heavy (non-hydrogen) atoms. The standard InChI is InChI=1S/C17H21NO2/c1-2-16(18)17(12-19)20-15-10-8-14(9-11-15)13-6-4-3-5-7-13/h3-11,16-17,19H,2,12,18H2,1H3. The van der Waals surface area contributed by atoms with Crippen LogP contribution in [0.2, 0.25) is 0 Å². The van der Waals surface area contributed by atoms with Gasteiger partial charge in [0.15, 0.2) is 0 Å². The smallest absolute Gasteiger partial charge is 0.137 e. The summed E-state index contributed by atoms with van der Waals surface area (Å²) in [5.74, 6) is 0.729. The van der Waals surface area contributed by atoms with Crippen molar-refractivity contribution in [2.75, 3.05) is 6.61 Å². The van der Waals surface area contributed by atoms with Crippen molar-refractivity contribution >= 4 is 0 Å². The molecular formula is C17H21NO2. The normalized spacial score (nSPS) is 13.8. The van der Waals surface area contributed by atoms with Crippen LogP contribution in [0.5, 0.6) is 5.75 Å². The van der Waals surface area contributed by atoms with Gasteiger partial charge in [0, 0.05) is 6.04 Å². The lowest BCUT2D eigenvalue weighted by molar-refractivity contribution is 0.0933. The van der Waals surface area contributed by atoms with Gasteiger partial charge in [-0.15, -0.1) is 0 Å². The molecule has 0 aliphatic carbocycles. The molecule has 0 aromatic heterocycles. The number of ether oxygens (including phenoxy) is 1. The van der Waals surface area contributed by atoms with E-state index in [0.717, 1.165) is 17.7 Å². The Kier molecular flexibility index (Phi) is 5.16. The average Bonchev–Trinajstić information content (AvgIpc) is 2.53. The van der Waals surface area contributed by atoms with Gasteiger partial charge in [0.25, 0.3) is 0 Å². The van der Waals surface area contributed by atoms with E-state index in [-0.39, 0.29) is 18.8 Å². The molecule has 2 rings (SSSR count). The Morgan fingerprint density at radius 1 is 1.00 bits per heavy atom. The van der Waals surface area contributed by atoms with E-state index in [0.29, 0.717) is 0 Å². The Morgan fingerprint density at radius 2 is 1.60 bits per heavy atom. The average molecular weight is 271 g/mol. The van der Waals surface area contributed by atoms with E-state index in [1.54, 1.807) is 0 Å². The molecule has 2 aromatic rings. The number of nitrogens with two attached hydrogens (primary N) is 1. The summed E-state index contributed by atoms with van der Waals surface area (Å²) in [6.45, 7) is 1.91. The van der Waals surface area contributed by atoms with E-state index in [2.05, 4.69) is 12.1 Å².